The molecule has 4 heterocycles. The quantitative estimate of drug-likeness (QED) is 0.338. The molecule has 5 rings (SSSR count). The van der Waals surface area contributed by atoms with Gasteiger partial charge in [0.05, 0.1) is 6.61 Å². The number of nitrogens with one attached hydrogen (secondary N) is 1. The smallest absolute Gasteiger partial charge is 0.233 e. The monoisotopic (exact) mass is 513 g/mol. The second-order valence-corrected chi connectivity index (χ2v) is 9.84. The van der Waals surface area contributed by atoms with E-state index < -0.39 is 11.2 Å². The van der Waals surface area contributed by atoms with Crippen LogP contribution in [0.2, 0.25) is 0 Å². The molecule has 2 aromatic heterocycles. The third-order valence-corrected chi connectivity index (χ3v) is 7.42. The lowest BCUT2D eigenvalue weighted by Crippen LogP contribution is -2.47. The van der Waals surface area contributed by atoms with E-state index in [0.717, 1.165) is 24.6 Å². The molecule has 1 atom stereocenters. The van der Waals surface area contributed by atoms with Crippen molar-refractivity contribution in [1.29, 1.82) is 0 Å². The number of fused-ring (bicyclic) bond motifs is 1. The Hall–Kier alpha value is -3.22. The van der Waals surface area contributed by atoms with Gasteiger partial charge in [0, 0.05) is 51.0 Å². The number of piperazine rings is 1. The summed E-state index contributed by atoms with van der Waals surface area (Å²) in [5.41, 5.74) is 1.34. The molecule has 1 fully saturated rings. The maximum Gasteiger partial charge on any atom is 0.233 e. The molecule has 36 heavy (non-hydrogen) atoms. The third-order valence-electron chi connectivity index (χ3n) is 5.96. The van der Waals surface area contributed by atoms with Crippen LogP contribution in [0.5, 0.6) is 5.88 Å². The normalized spacial score (nSPS) is 17.2. The molecular formula is C24H28FN7O3S. The van der Waals surface area contributed by atoms with Crippen molar-refractivity contribution >= 4 is 34.4 Å². The van der Waals surface area contributed by atoms with Gasteiger partial charge in [-0.05, 0) is 42.4 Å². The second-order valence-electron chi connectivity index (χ2n) is 8.33. The van der Waals surface area contributed by atoms with E-state index in [1.807, 2.05) is 19.1 Å². The van der Waals surface area contributed by atoms with Gasteiger partial charge in [-0.25, -0.2) is 9.37 Å². The zero-order valence-electron chi connectivity index (χ0n) is 20.0. The molecule has 12 heteroatoms. The lowest BCUT2D eigenvalue weighted by Gasteiger charge is -2.35. The van der Waals surface area contributed by atoms with Crippen LogP contribution in [0, 0.1) is 5.82 Å². The van der Waals surface area contributed by atoms with Crippen LogP contribution in [0.1, 0.15) is 12.6 Å². The first-order valence-electron chi connectivity index (χ1n) is 12.0. The number of aromatic nitrogens is 4. The Morgan fingerprint density at radius 3 is 2.64 bits per heavy atom. The molecule has 2 aliphatic heterocycles. The molecule has 0 amide bonds. The summed E-state index contributed by atoms with van der Waals surface area (Å²) in [4.78, 5) is 14.3. The van der Waals surface area contributed by atoms with Crippen LogP contribution < -0.4 is 19.9 Å². The van der Waals surface area contributed by atoms with Gasteiger partial charge in [0.1, 0.15) is 23.9 Å². The van der Waals surface area contributed by atoms with Crippen LogP contribution in [-0.2, 0) is 22.3 Å². The van der Waals surface area contributed by atoms with E-state index in [4.69, 9.17) is 19.4 Å². The fourth-order valence-corrected chi connectivity index (χ4v) is 5.46. The van der Waals surface area contributed by atoms with Crippen LogP contribution in [0.15, 0.2) is 41.3 Å². The number of rotatable bonds is 9. The summed E-state index contributed by atoms with van der Waals surface area (Å²) in [6.07, 6.45) is 0.629. The van der Waals surface area contributed by atoms with Crippen molar-refractivity contribution in [2.24, 2.45) is 0 Å². The predicted octanol–water partition coefficient (Wildman–Crippen LogP) is 2.55. The highest BCUT2D eigenvalue weighted by atomic mass is 32.2. The fourth-order valence-electron chi connectivity index (χ4n) is 4.16. The molecule has 2 aliphatic rings. The van der Waals surface area contributed by atoms with Crippen molar-refractivity contribution in [3.63, 3.8) is 0 Å². The second kappa shape index (κ2) is 11.2. The van der Waals surface area contributed by atoms with E-state index in [1.165, 1.54) is 12.1 Å². The topological polar surface area (TPSA) is 112 Å². The summed E-state index contributed by atoms with van der Waals surface area (Å²) in [6, 6.07) is 9.87. The van der Waals surface area contributed by atoms with Gasteiger partial charge in [0.25, 0.3) is 0 Å². The summed E-state index contributed by atoms with van der Waals surface area (Å²) in [5.74, 6) is 2.48. The van der Waals surface area contributed by atoms with Gasteiger partial charge < -0.3 is 29.1 Å². The minimum Gasteiger partial charge on any atom is -0.611 e. The van der Waals surface area contributed by atoms with Gasteiger partial charge in [-0.15, -0.1) is 10.2 Å². The number of halogens is 1. The zero-order valence-corrected chi connectivity index (χ0v) is 20.8. The van der Waals surface area contributed by atoms with Crippen LogP contribution in [0.4, 0.5) is 27.7 Å². The molecule has 0 spiro atoms. The highest BCUT2D eigenvalue weighted by Gasteiger charge is 2.33. The highest BCUT2D eigenvalue weighted by Crippen LogP contribution is 2.34. The summed E-state index contributed by atoms with van der Waals surface area (Å²) >= 11 is -1.18. The number of hydrogen-bond acceptors (Lipinski definition) is 10. The Labute approximate surface area is 212 Å². The van der Waals surface area contributed by atoms with Gasteiger partial charge in [-0.1, -0.05) is 6.07 Å². The van der Waals surface area contributed by atoms with E-state index in [1.54, 1.807) is 12.1 Å². The number of anilines is 4. The lowest BCUT2D eigenvalue weighted by molar-refractivity contribution is 0.108. The van der Waals surface area contributed by atoms with E-state index in [0.29, 0.717) is 73.3 Å². The van der Waals surface area contributed by atoms with Gasteiger partial charge in [-0.3, -0.25) is 0 Å². The maximum absolute atomic E-state index is 13.7. The lowest BCUT2D eigenvalue weighted by atomic mass is 10.2. The minimum atomic E-state index is -1.18. The maximum atomic E-state index is 13.7. The molecule has 0 radical (unpaired) electrons. The SMILES string of the molecule is CCOCCOc1ccc(N2CCN(c3nc4c(c(Nc5cccc(F)c5)n3)[S+]([O-])CC4)CC2)nn1. The van der Waals surface area contributed by atoms with Crippen LogP contribution in [0.3, 0.4) is 0 Å². The van der Waals surface area contributed by atoms with Crippen molar-refractivity contribution in [3.8, 4) is 5.88 Å². The first kappa shape index (κ1) is 24.5. The molecule has 0 bridgehead atoms. The number of aryl methyl sites for hydroxylation is 1. The van der Waals surface area contributed by atoms with Crippen molar-refractivity contribution < 1.29 is 18.4 Å². The first-order chi connectivity index (χ1) is 17.6. The fraction of sp³-hybridized carbons (Fsp3) is 0.417. The molecule has 10 nitrogen and oxygen atoms in total. The molecule has 0 aliphatic carbocycles. The van der Waals surface area contributed by atoms with E-state index in [9.17, 15) is 8.94 Å². The summed E-state index contributed by atoms with van der Waals surface area (Å²) in [6.45, 7) is 6.37. The summed E-state index contributed by atoms with van der Waals surface area (Å²) in [5, 5.41) is 11.6. The van der Waals surface area contributed by atoms with Crippen molar-refractivity contribution in [2.45, 2.75) is 18.2 Å². The minimum absolute atomic E-state index is 0.351. The van der Waals surface area contributed by atoms with E-state index in [2.05, 4.69) is 25.3 Å². The standard InChI is InChI=1S/C24H28FN7O3S/c1-2-34-13-14-35-21-7-6-20(29-30-21)31-9-11-32(12-10-31)24-27-19-8-15-36(33)22(19)23(28-24)26-18-5-3-4-17(25)16-18/h3-7,16H,2,8-15H2,1H3,(H,26,27,28). The predicted molar refractivity (Wildman–Crippen MR) is 135 cm³/mol. The molecule has 3 aromatic rings. The van der Waals surface area contributed by atoms with Crippen molar-refractivity contribution in [1.82, 2.24) is 20.2 Å². The Morgan fingerprint density at radius 2 is 1.89 bits per heavy atom. The van der Waals surface area contributed by atoms with Crippen molar-refractivity contribution in [3.05, 3.63) is 47.9 Å². The van der Waals surface area contributed by atoms with Gasteiger partial charge in [0.15, 0.2) is 11.6 Å². The number of nitrogens with zero attached hydrogens (tertiary/aromatic N) is 6. The molecule has 0 saturated carbocycles. The number of ether oxygens (including phenoxy) is 2. The van der Waals surface area contributed by atoms with Crippen LogP contribution in [-0.4, -0.2) is 76.5 Å². The first-order valence-corrected chi connectivity index (χ1v) is 13.3. The van der Waals surface area contributed by atoms with Gasteiger partial charge in [-0.2, -0.15) is 4.98 Å². The number of benzene rings is 1. The Kier molecular flexibility index (Phi) is 7.63. The Morgan fingerprint density at radius 1 is 1.06 bits per heavy atom. The van der Waals surface area contributed by atoms with Gasteiger partial charge >= 0.3 is 0 Å². The Balaban J connectivity index is 1.25. The highest BCUT2D eigenvalue weighted by molar-refractivity contribution is 7.91. The largest absolute Gasteiger partial charge is 0.611 e. The van der Waals surface area contributed by atoms with E-state index >= 15 is 0 Å². The molecule has 1 N–H and O–H groups in total. The number of hydrogen-bond donors (Lipinski definition) is 1. The average Bonchev–Trinajstić information content (AvgIpc) is 3.28. The summed E-state index contributed by atoms with van der Waals surface area (Å²) in [7, 11) is 0. The molecular weight excluding hydrogens is 485 g/mol. The molecule has 1 aromatic carbocycles. The molecule has 1 unspecified atom stereocenters. The van der Waals surface area contributed by atoms with E-state index in [-0.39, 0.29) is 5.82 Å². The van der Waals surface area contributed by atoms with Gasteiger partial charge in [0.2, 0.25) is 16.7 Å². The summed E-state index contributed by atoms with van der Waals surface area (Å²) < 4.78 is 37.1. The van der Waals surface area contributed by atoms with Crippen LogP contribution >= 0.6 is 0 Å². The average molecular weight is 514 g/mol. The third kappa shape index (κ3) is 5.61. The van der Waals surface area contributed by atoms with Crippen molar-refractivity contribution in [2.75, 3.05) is 66.9 Å². The van der Waals surface area contributed by atoms with Crippen LogP contribution in [0.25, 0.3) is 0 Å². The molecule has 1 saturated heterocycles. The zero-order chi connectivity index (χ0) is 24.9. The Bertz CT molecular complexity index is 1180. The molecule has 190 valence electrons.